The van der Waals surface area contributed by atoms with Crippen molar-refractivity contribution >= 4 is 11.5 Å². The lowest BCUT2D eigenvalue weighted by molar-refractivity contribution is -0.384. The van der Waals surface area contributed by atoms with Gasteiger partial charge in [-0.1, -0.05) is 0 Å². The molecular weight excluding hydrogens is 224 g/mol. The van der Waals surface area contributed by atoms with E-state index in [0.717, 1.165) is 25.7 Å². The Morgan fingerprint density at radius 2 is 2.18 bits per heavy atom. The van der Waals surface area contributed by atoms with Crippen LogP contribution in [0.5, 0.6) is 0 Å². The van der Waals surface area contributed by atoms with E-state index in [9.17, 15) is 15.2 Å². The minimum Gasteiger partial charge on any atom is -0.393 e. The van der Waals surface area contributed by atoms with Gasteiger partial charge >= 0.3 is 5.69 Å². The molecule has 0 amide bonds. The largest absolute Gasteiger partial charge is 0.393 e. The number of hydrogen-bond donors (Lipinski definition) is 2. The monoisotopic (exact) mass is 240 g/mol. The van der Waals surface area contributed by atoms with Crippen molar-refractivity contribution in [1.29, 1.82) is 0 Å². The van der Waals surface area contributed by atoms with Crippen molar-refractivity contribution in [2.45, 2.75) is 37.8 Å². The van der Waals surface area contributed by atoms with E-state index in [-0.39, 0.29) is 17.8 Å². The van der Waals surface area contributed by atoms with Crippen molar-refractivity contribution in [3.05, 3.63) is 16.3 Å². The van der Waals surface area contributed by atoms with E-state index in [0.29, 0.717) is 5.82 Å². The summed E-state index contributed by atoms with van der Waals surface area (Å²) in [5.74, 6) is 0.318. The van der Waals surface area contributed by atoms with Gasteiger partial charge in [0.15, 0.2) is 0 Å². The number of aliphatic hydroxyl groups is 1. The zero-order valence-electron chi connectivity index (χ0n) is 9.67. The summed E-state index contributed by atoms with van der Waals surface area (Å²) >= 11 is 0. The molecule has 7 heteroatoms. The summed E-state index contributed by atoms with van der Waals surface area (Å²) in [6, 6.07) is 0.159. The third-order valence-electron chi connectivity index (χ3n) is 3.04. The molecule has 0 bridgehead atoms. The van der Waals surface area contributed by atoms with Gasteiger partial charge in [-0.2, -0.15) is 0 Å². The second-order valence-corrected chi connectivity index (χ2v) is 4.44. The van der Waals surface area contributed by atoms with Gasteiger partial charge in [0.05, 0.1) is 11.0 Å². The van der Waals surface area contributed by atoms with Crippen LogP contribution in [0.25, 0.3) is 0 Å². The van der Waals surface area contributed by atoms with Crippen molar-refractivity contribution in [3.63, 3.8) is 0 Å². The van der Waals surface area contributed by atoms with Crippen LogP contribution in [0.15, 0.2) is 6.20 Å². The zero-order valence-corrected chi connectivity index (χ0v) is 9.67. The molecule has 2 N–H and O–H groups in total. The molecule has 1 aliphatic rings. The fraction of sp³-hybridized carbons (Fsp3) is 0.700. The van der Waals surface area contributed by atoms with Gasteiger partial charge in [-0.15, -0.1) is 5.10 Å². The Kier molecular flexibility index (Phi) is 3.28. The Morgan fingerprint density at radius 1 is 1.53 bits per heavy atom. The van der Waals surface area contributed by atoms with Gasteiger partial charge in [0, 0.05) is 13.1 Å². The lowest BCUT2D eigenvalue weighted by Gasteiger charge is -2.25. The lowest BCUT2D eigenvalue weighted by Crippen LogP contribution is -2.28. The van der Waals surface area contributed by atoms with Crippen LogP contribution >= 0.6 is 0 Å². The Morgan fingerprint density at radius 3 is 2.76 bits per heavy atom. The summed E-state index contributed by atoms with van der Waals surface area (Å²) in [5.41, 5.74) is -0.00128. The highest BCUT2D eigenvalue weighted by Gasteiger charge is 2.24. The molecule has 0 saturated heterocycles. The summed E-state index contributed by atoms with van der Waals surface area (Å²) in [6.45, 7) is 0. The molecule has 1 fully saturated rings. The van der Waals surface area contributed by atoms with Crippen LogP contribution in [0.2, 0.25) is 0 Å². The van der Waals surface area contributed by atoms with Crippen LogP contribution in [-0.4, -0.2) is 32.0 Å². The summed E-state index contributed by atoms with van der Waals surface area (Å²) in [4.78, 5) is 10.4. The number of rotatable bonds is 3. The van der Waals surface area contributed by atoms with Gasteiger partial charge in [-0.3, -0.25) is 14.8 Å². The fourth-order valence-electron chi connectivity index (χ4n) is 2.13. The quantitative estimate of drug-likeness (QED) is 0.608. The van der Waals surface area contributed by atoms with E-state index in [2.05, 4.69) is 10.4 Å². The number of nitrogens with one attached hydrogen (secondary N) is 1. The smallest absolute Gasteiger partial charge is 0.330 e. The molecule has 1 aromatic heterocycles. The summed E-state index contributed by atoms with van der Waals surface area (Å²) in [5, 5.41) is 27.3. The van der Waals surface area contributed by atoms with Gasteiger partial charge in [0.1, 0.15) is 6.20 Å². The highest BCUT2D eigenvalue weighted by atomic mass is 16.6. The number of aromatic nitrogens is 2. The molecule has 17 heavy (non-hydrogen) atoms. The molecule has 0 radical (unpaired) electrons. The van der Waals surface area contributed by atoms with Crippen molar-refractivity contribution in [2.75, 3.05) is 5.32 Å². The molecule has 0 aromatic carbocycles. The molecule has 1 saturated carbocycles. The number of aliphatic hydroxyl groups excluding tert-OH is 1. The molecule has 2 rings (SSSR count). The SMILES string of the molecule is Cn1cc([N+](=O)[O-])c(NC2CCC(O)CC2)n1. The van der Waals surface area contributed by atoms with Crippen molar-refractivity contribution in [1.82, 2.24) is 9.78 Å². The van der Waals surface area contributed by atoms with Crippen LogP contribution in [0, 0.1) is 10.1 Å². The number of nitrogens with zero attached hydrogens (tertiary/aromatic N) is 3. The van der Waals surface area contributed by atoms with Crippen molar-refractivity contribution in [3.8, 4) is 0 Å². The van der Waals surface area contributed by atoms with E-state index < -0.39 is 4.92 Å². The van der Waals surface area contributed by atoms with Crippen molar-refractivity contribution in [2.24, 2.45) is 7.05 Å². The first-order valence-corrected chi connectivity index (χ1v) is 5.69. The van der Waals surface area contributed by atoms with Crippen LogP contribution in [0.1, 0.15) is 25.7 Å². The normalized spacial score (nSPS) is 24.6. The number of nitro groups is 1. The third-order valence-corrected chi connectivity index (χ3v) is 3.04. The Bertz CT molecular complexity index is 410. The van der Waals surface area contributed by atoms with Gasteiger partial charge in [-0.05, 0) is 25.7 Å². The van der Waals surface area contributed by atoms with Gasteiger partial charge in [-0.25, -0.2) is 0 Å². The van der Waals surface area contributed by atoms with E-state index in [1.54, 1.807) is 7.05 Å². The topological polar surface area (TPSA) is 93.2 Å². The average molecular weight is 240 g/mol. The molecule has 0 spiro atoms. The molecule has 0 atom stereocenters. The van der Waals surface area contributed by atoms with Gasteiger partial charge < -0.3 is 10.4 Å². The highest BCUT2D eigenvalue weighted by Crippen LogP contribution is 2.26. The summed E-state index contributed by atoms with van der Waals surface area (Å²) < 4.78 is 1.43. The van der Waals surface area contributed by atoms with Gasteiger partial charge in [0.2, 0.25) is 5.82 Å². The van der Waals surface area contributed by atoms with Gasteiger partial charge in [0.25, 0.3) is 0 Å². The van der Waals surface area contributed by atoms with E-state index in [1.165, 1.54) is 10.9 Å². The lowest BCUT2D eigenvalue weighted by atomic mass is 9.93. The first-order chi connectivity index (χ1) is 8.06. The molecule has 0 aliphatic heterocycles. The molecule has 0 unspecified atom stereocenters. The van der Waals surface area contributed by atoms with Crippen LogP contribution in [0.3, 0.4) is 0 Å². The molecule has 1 aromatic rings. The first kappa shape index (κ1) is 11.8. The summed E-state index contributed by atoms with van der Waals surface area (Å²) in [6.07, 6.45) is 4.26. The van der Waals surface area contributed by atoms with Crippen LogP contribution < -0.4 is 5.32 Å². The first-order valence-electron chi connectivity index (χ1n) is 5.69. The maximum Gasteiger partial charge on any atom is 0.330 e. The van der Waals surface area contributed by atoms with Crippen LogP contribution in [-0.2, 0) is 7.05 Å². The second kappa shape index (κ2) is 4.70. The Balaban J connectivity index is 2.05. The minimum absolute atomic E-state index is 0.00128. The van der Waals surface area contributed by atoms with E-state index in [4.69, 9.17) is 0 Å². The van der Waals surface area contributed by atoms with Crippen molar-refractivity contribution < 1.29 is 10.0 Å². The number of aryl methyl sites for hydroxylation is 1. The number of anilines is 1. The maximum atomic E-state index is 10.8. The molecular formula is C10H16N4O3. The maximum absolute atomic E-state index is 10.8. The highest BCUT2D eigenvalue weighted by molar-refractivity contribution is 5.55. The van der Waals surface area contributed by atoms with Crippen LogP contribution in [0.4, 0.5) is 11.5 Å². The summed E-state index contributed by atoms with van der Waals surface area (Å²) in [7, 11) is 1.66. The Hall–Kier alpha value is -1.63. The molecule has 7 nitrogen and oxygen atoms in total. The predicted molar refractivity (Wildman–Crippen MR) is 61.7 cm³/mol. The van der Waals surface area contributed by atoms with E-state index >= 15 is 0 Å². The zero-order chi connectivity index (χ0) is 12.4. The molecule has 1 aliphatic carbocycles. The minimum atomic E-state index is -0.437. The Labute approximate surface area is 98.6 Å². The fourth-order valence-corrected chi connectivity index (χ4v) is 2.13. The average Bonchev–Trinajstić information content (AvgIpc) is 2.63. The van der Waals surface area contributed by atoms with E-state index in [1.807, 2.05) is 0 Å². The predicted octanol–water partition coefficient (Wildman–Crippen LogP) is 1.04. The number of hydrogen-bond acceptors (Lipinski definition) is 5. The molecule has 94 valence electrons. The standard InChI is InChI=1S/C10H16N4O3/c1-13-6-9(14(16)17)10(12-13)11-7-2-4-8(15)5-3-7/h6-8,15H,2-5H2,1H3,(H,11,12). The third kappa shape index (κ3) is 2.73. The molecule has 1 heterocycles. The second-order valence-electron chi connectivity index (χ2n) is 4.44.